The highest BCUT2D eigenvalue weighted by Gasteiger charge is 2.40. The number of ether oxygens (including phenoxy) is 2. The summed E-state index contributed by atoms with van der Waals surface area (Å²) in [5.74, 6) is -4.21. The van der Waals surface area contributed by atoms with Crippen LogP contribution in [0.15, 0.2) is 54.7 Å². The number of carboxylic acids is 3. The van der Waals surface area contributed by atoms with E-state index < -0.39 is 36.4 Å². The van der Waals surface area contributed by atoms with Crippen molar-refractivity contribution < 1.29 is 44.3 Å². The number of pyridine rings is 2. The summed E-state index contributed by atoms with van der Waals surface area (Å²) in [6.07, 6.45) is 0.519. The molecule has 0 fully saturated rings. The molecule has 39 heavy (non-hydrogen) atoms. The molecule has 0 bridgehead atoms. The van der Waals surface area contributed by atoms with Gasteiger partial charge in [0, 0.05) is 44.9 Å². The normalized spacial score (nSPS) is 11.1. The van der Waals surface area contributed by atoms with Crippen molar-refractivity contribution in [3.63, 3.8) is 0 Å². The molecule has 0 unspecified atom stereocenters. The van der Waals surface area contributed by atoms with Crippen LogP contribution in [-0.4, -0.2) is 86.2 Å². The van der Waals surface area contributed by atoms with Gasteiger partial charge in [-0.2, -0.15) is 0 Å². The summed E-state index contributed by atoms with van der Waals surface area (Å²) in [6.45, 7) is 3.22. The number of fused-ring (bicyclic) bond motifs is 1. The van der Waals surface area contributed by atoms with Gasteiger partial charge in [-0.25, -0.2) is 9.78 Å². The summed E-state index contributed by atoms with van der Waals surface area (Å²) < 4.78 is 10.7. The SMILES string of the molecule is COCCCN(Cc1ccccn1)Cc1ccc2cccc(OC)c2n1.O=C(O)CC(O)(CC(=O)O)C(=O)O. The topological polar surface area (TPSA) is 180 Å². The van der Waals surface area contributed by atoms with Crippen LogP contribution < -0.4 is 4.74 Å². The number of aliphatic hydroxyl groups is 1. The van der Waals surface area contributed by atoms with E-state index in [0.29, 0.717) is 0 Å². The molecule has 0 aliphatic heterocycles. The second kappa shape index (κ2) is 15.3. The van der Waals surface area contributed by atoms with Gasteiger partial charge in [-0.05, 0) is 30.7 Å². The molecule has 4 N–H and O–H groups in total. The van der Waals surface area contributed by atoms with E-state index >= 15 is 0 Å². The molecule has 0 aliphatic rings. The molecule has 0 spiro atoms. The average molecular weight is 544 g/mol. The van der Waals surface area contributed by atoms with Crippen LogP contribution >= 0.6 is 0 Å². The minimum atomic E-state index is -2.74. The van der Waals surface area contributed by atoms with Crippen LogP contribution in [0.2, 0.25) is 0 Å². The van der Waals surface area contributed by atoms with Crippen LogP contribution in [-0.2, 0) is 32.2 Å². The molecule has 0 saturated heterocycles. The van der Waals surface area contributed by atoms with Crippen molar-refractivity contribution in [3.05, 3.63) is 66.1 Å². The average Bonchev–Trinajstić information content (AvgIpc) is 2.88. The lowest BCUT2D eigenvalue weighted by atomic mass is 9.96. The quantitative estimate of drug-likeness (QED) is 0.218. The summed E-state index contributed by atoms with van der Waals surface area (Å²) in [6, 6.07) is 16.2. The second-order valence-electron chi connectivity index (χ2n) is 8.69. The molecule has 12 nitrogen and oxygen atoms in total. The first kappa shape index (κ1) is 31.1. The number of aromatic nitrogens is 2. The van der Waals surface area contributed by atoms with Crippen molar-refractivity contribution in [2.24, 2.45) is 0 Å². The third-order valence-electron chi connectivity index (χ3n) is 5.57. The van der Waals surface area contributed by atoms with E-state index in [9.17, 15) is 14.4 Å². The number of carboxylic acid groups (broad SMARTS) is 3. The molecule has 3 aromatic rings. The molecule has 0 aliphatic carbocycles. The summed E-state index contributed by atoms with van der Waals surface area (Å²) in [4.78, 5) is 42.1. The van der Waals surface area contributed by atoms with E-state index in [4.69, 9.17) is 34.9 Å². The van der Waals surface area contributed by atoms with Gasteiger partial charge in [-0.1, -0.05) is 24.3 Å². The predicted molar refractivity (Wildman–Crippen MR) is 140 cm³/mol. The van der Waals surface area contributed by atoms with Crippen molar-refractivity contribution in [2.45, 2.75) is 38.0 Å². The van der Waals surface area contributed by atoms with Crippen molar-refractivity contribution in [2.75, 3.05) is 27.4 Å². The fraction of sp³-hybridized carbons (Fsp3) is 0.370. The fourth-order valence-corrected chi connectivity index (χ4v) is 3.72. The largest absolute Gasteiger partial charge is 0.494 e. The first-order valence-electron chi connectivity index (χ1n) is 12.0. The molecule has 12 heteroatoms. The lowest BCUT2D eigenvalue weighted by Crippen LogP contribution is -2.42. The molecule has 2 aromatic heterocycles. The number of benzene rings is 1. The molecule has 1 aromatic carbocycles. The number of carbonyl (C=O) groups is 3. The number of rotatable bonds is 14. The van der Waals surface area contributed by atoms with Gasteiger partial charge in [0.05, 0.1) is 31.3 Å². The highest BCUT2D eigenvalue weighted by atomic mass is 16.5. The van der Waals surface area contributed by atoms with E-state index in [1.165, 1.54) is 0 Å². The summed E-state index contributed by atoms with van der Waals surface area (Å²) in [5, 5.41) is 34.9. The number of hydrogen-bond acceptors (Lipinski definition) is 9. The van der Waals surface area contributed by atoms with Crippen molar-refractivity contribution in [1.29, 1.82) is 0 Å². The third-order valence-corrected chi connectivity index (χ3v) is 5.57. The Labute approximate surface area is 225 Å². The smallest absolute Gasteiger partial charge is 0.336 e. The van der Waals surface area contributed by atoms with Crippen molar-refractivity contribution in [3.8, 4) is 5.75 Å². The maximum absolute atomic E-state index is 10.3. The highest BCUT2D eigenvalue weighted by Crippen LogP contribution is 2.24. The molecule has 2 heterocycles. The number of nitrogens with zero attached hydrogens (tertiary/aromatic N) is 3. The van der Waals surface area contributed by atoms with Gasteiger partial charge in [-0.15, -0.1) is 0 Å². The molecule has 0 amide bonds. The third kappa shape index (κ3) is 10.3. The van der Waals surface area contributed by atoms with Crippen LogP contribution in [0.5, 0.6) is 5.75 Å². The Hall–Kier alpha value is -4.13. The maximum Gasteiger partial charge on any atom is 0.336 e. The molecule has 0 radical (unpaired) electrons. The van der Waals surface area contributed by atoms with Crippen LogP contribution in [0.3, 0.4) is 0 Å². The number of methoxy groups -OCH3 is 2. The first-order chi connectivity index (χ1) is 18.6. The zero-order chi connectivity index (χ0) is 28.8. The predicted octanol–water partition coefficient (Wildman–Crippen LogP) is 2.43. The van der Waals surface area contributed by atoms with E-state index in [-0.39, 0.29) is 0 Å². The standard InChI is InChI=1S/C21H25N3O2.C6H8O7/c1-25-14-6-13-24(15-18-8-3-4-12-22-18)16-19-11-10-17-7-5-9-20(26-2)21(17)23-19;7-3(8)1-6(13,5(11)12)2-4(9)10/h3-5,7-12H,6,13-16H2,1-2H3;13H,1-2H2,(H,7,8)(H,9,10)(H,11,12). The lowest BCUT2D eigenvalue weighted by Gasteiger charge is -2.21. The minimum absolute atomic E-state index is 0.748. The Bertz CT molecular complexity index is 1220. The Balaban J connectivity index is 0.000000349. The molecule has 0 atom stereocenters. The number of para-hydroxylation sites is 1. The monoisotopic (exact) mass is 543 g/mol. The molecular formula is C27H33N3O9. The van der Waals surface area contributed by atoms with Gasteiger partial charge >= 0.3 is 17.9 Å². The van der Waals surface area contributed by atoms with Gasteiger partial charge < -0.3 is 29.9 Å². The fourth-order valence-electron chi connectivity index (χ4n) is 3.72. The van der Waals surface area contributed by atoms with Crippen molar-refractivity contribution >= 4 is 28.8 Å². The number of hydrogen-bond donors (Lipinski definition) is 4. The van der Waals surface area contributed by atoms with Crippen molar-refractivity contribution in [1.82, 2.24) is 14.9 Å². The Kier molecular flexibility index (Phi) is 12.2. The molecule has 210 valence electrons. The molecule has 3 rings (SSSR count). The zero-order valence-electron chi connectivity index (χ0n) is 21.8. The van der Waals surface area contributed by atoms with Crippen LogP contribution in [0.4, 0.5) is 0 Å². The lowest BCUT2D eigenvalue weighted by molar-refractivity contribution is -0.170. The van der Waals surface area contributed by atoms with Gasteiger partial charge in [-0.3, -0.25) is 19.5 Å². The Morgan fingerprint density at radius 3 is 2.15 bits per heavy atom. The summed E-state index contributed by atoms with van der Waals surface area (Å²) in [5.41, 5.74) is 0.248. The maximum atomic E-state index is 10.3. The van der Waals surface area contributed by atoms with Gasteiger partial charge in [0.2, 0.25) is 0 Å². The number of aliphatic carboxylic acids is 3. The van der Waals surface area contributed by atoms with Crippen LogP contribution in [0, 0.1) is 0 Å². The minimum Gasteiger partial charge on any atom is -0.494 e. The Morgan fingerprint density at radius 1 is 0.897 bits per heavy atom. The van der Waals surface area contributed by atoms with Gasteiger partial charge in [0.1, 0.15) is 11.3 Å². The second-order valence-corrected chi connectivity index (χ2v) is 8.69. The zero-order valence-corrected chi connectivity index (χ0v) is 21.8. The Morgan fingerprint density at radius 2 is 1.59 bits per heavy atom. The van der Waals surface area contributed by atoms with E-state index in [2.05, 4.69) is 34.1 Å². The van der Waals surface area contributed by atoms with Crippen LogP contribution in [0.25, 0.3) is 10.9 Å². The molecular weight excluding hydrogens is 510 g/mol. The van der Waals surface area contributed by atoms with Crippen LogP contribution in [0.1, 0.15) is 30.7 Å². The van der Waals surface area contributed by atoms with Gasteiger partial charge in [0.25, 0.3) is 0 Å². The summed E-state index contributed by atoms with van der Waals surface area (Å²) in [7, 11) is 3.42. The van der Waals surface area contributed by atoms with E-state index in [1.807, 2.05) is 30.5 Å². The van der Waals surface area contributed by atoms with Gasteiger partial charge in [0.15, 0.2) is 5.60 Å². The first-order valence-corrected chi connectivity index (χ1v) is 12.0. The molecule has 0 saturated carbocycles. The summed E-state index contributed by atoms with van der Waals surface area (Å²) >= 11 is 0. The highest BCUT2D eigenvalue weighted by molar-refractivity contribution is 5.88. The van der Waals surface area contributed by atoms with E-state index in [0.717, 1.165) is 60.7 Å². The van der Waals surface area contributed by atoms with E-state index in [1.54, 1.807) is 14.2 Å².